The highest BCUT2D eigenvalue weighted by molar-refractivity contribution is 5.76. The third-order valence-electron chi connectivity index (χ3n) is 4.89. The number of hydrogen-bond acceptors (Lipinski definition) is 3. The molecule has 2 fully saturated rings. The number of likely N-dealkylation sites (N-methyl/N-ethyl adjacent to an activating group) is 1. The molecule has 2 rings (SSSR count). The molecule has 4 nitrogen and oxygen atoms in total. The van der Waals surface area contributed by atoms with Crippen LogP contribution in [0.1, 0.15) is 46.0 Å². The Morgan fingerprint density at radius 2 is 2.00 bits per heavy atom. The van der Waals surface area contributed by atoms with Crippen molar-refractivity contribution in [2.75, 3.05) is 32.7 Å². The Bertz CT molecular complexity index is 298. The Labute approximate surface area is 123 Å². The van der Waals surface area contributed by atoms with Crippen LogP contribution in [-0.2, 0) is 4.79 Å². The van der Waals surface area contributed by atoms with Gasteiger partial charge < -0.3 is 10.6 Å². The van der Waals surface area contributed by atoms with E-state index in [0.717, 1.165) is 44.7 Å². The van der Waals surface area contributed by atoms with E-state index in [0.29, 0.717) is 12.3 Å². The van der Waals surface area contributed by atoms with Crippen LogP contribution in [0.4, 0.5) is 0 Å². The van der Waals surface area contributed by atoms with E-state index in [2.05, 4.69) is 29.4 Å². The van der Waals surface area contributed by atoms with E-state index >= 15 is 0 Å². The molecule has 116 valence electrons. The van der Waals surface area contributed by atoms with E-state index in [1.807, 2.05) is 0 Å². The zero-order valence-electron chi connectivity index (χ0n) is 13.2. The van der Waals surface area contributed by atoms with Crippen molar-refractivity contribution < 1.29 is 4.79 Å². The molecular formula is C16H31N3O. The summed E-state index contributed by atoms with van der Waals surface area (Å²) in [5.41, 5.74) is 0. The van der Waals surface area contributed by atoms with E-state index in [1.165, 1.54) is 25.7 Å². The zero-order valence-corrected chi connectivity index (χ0v) is 13.2. The monoisotopic (exact) mass is 281 g/mol. The third-order valence-corrected chi connectivity index (χ3v) is 4.89. The van der Waals surface area contributed by atoms with Gasteiger partial charge in [0.15, 0.2) is 0 Å². The molecule has 0 aromatic rings. The SMILES string of the molecule is CCN(CCNC(=O)CC(C)C1CCNCC1)C1CC1. The van der Waals surface area contributed by atoms with Gasteiger partial charge in [-0.05, 0) is 57.2 Å². The summed E-state index contributed by atoms with van der Waals surface area (Å²) in [5, 5.41) is 6.49. The minimum absolute atomic E-state index is 0.239. The first-order chi connectivity index (χ1) is 9.70. The van der Waals surface area contributed by atoms with Gasteiger partial charge in [0, 0.05) is 25.6 Å². The van der Waals surface area contributed by atoms with E-state index < -0.39 is 0 Å². The fraction of sp³-hybridized carbons (Fsp3) is 0.938. The lowest BCUT2D eigenvalue weighted by atomic mass is 9.84. The molecule has 4 heteroatoms. The number of rotatable bonds is 8. The lowest BCUT2D eigenvalue weighted by molar-refractivity contribution is -0.122. The second-order valence-electron chi connectivity index (χ2n) is 6.48. The number of nitrogens with one attached hydrogen (secondary N) is 2. The number of nitrogens with zero attached hydrogens (tertiary/aromatic N) is 1. The summed E-state index contributed by atoms with van der Waals surface area (Å²) in [5.74, 6) is 1.48. The summed E-state index contributed by atoms with van der Waals surface area (Å²) >= 11 is 0. The molecule has 1 heterocycles. The quantitative estimate of drug-likeness (QED) is 0.710. The Morgan fingerprint density at radius 1 is 1.30 bits per heavy atom. The number of carbonyl (C=O) groups is 1. The molecule has 0 aromatic heterocycles. The minimum Gasteiger partial charge on any atom is -0.355 e. The summed E-state index contributed by atoms with van der Waals surface area (Å²) in [6, 6.07) is 0.797. The molecule has 0 aromatic carbocycles. The molecular weight excluding hydrogens is 250 g/mol. The number of carbonyl (C=O) groups excluding carboxylic acids is 1. The number of hydrogen-bond donors (Lipinski definition) is 2. The fourth-order valence-corrected chi connectivity index (χ4v) is 3.32. The van der Waals surface area contributed by atoms with Gasteiger partial charge in [0.1, 0.15) is 0 Å². The molecule has 1 aliphatic heterocycles. The second kappa shape index (κ2) is 7.99. The Morgan fingerprint density at radius 3 is 2.60 bits per heavy atom. The van der Waals surface area contributed by atoms with Crippen LogP contribution in [0.3, 0.4) is 0 Å². The molecule has 20 heavy (non-hydrogen) atoms. The van der Waals surface area contributed by atoms with Crippen molar-refractivity contribution in [3.8, 4) is 0 Å². The van der Waals surface area contributed by atoms with Crippen LogP contribution in [0.2, 0.25) is 0 Å². The normalized spacial score (nSPS) is 21.9. The van der Waals surface area contributed by atoms with E-state index in [-0.39, 0.29) is 5.91 Å². The minimum atomic E-state index is 0.239. The van der Waals surface area contributed by atoms with Crippen molar-refractivity contribution in [3.63, 3.8) is 0 Å². The van der Waals surface area contributed by atoms with Gasteiger partial charge in [-0.25, -0.2) is 0 Å². The standard InChI is InChI=1S/C16H31N3O/c1-3-19(15-4-5-15)11-10-18-16(20)12-13(2)14-6-8-17-9-7-14/h13-15,17H,3-12H2,1-2H3,(H,18,20). The summed E-state index contributed by atoms with van der Waals surface area (Å²) in [6.07, 6.45) is 5.82. The first-order valence-corrected chi connectivity index (χ1v) is 8.42. The average Bonchev–Trinajstić information content (AvgIpc) is 3.29. The lowest BCUT2D eigenvalue weighted by Gasteiger charge is -2.28. The fourth-order valence-electron chi connectivity index (χ4n) is 3.32. The lowest BCUT2D eigenvalue weighted by Crippen LogP contribution is -2.37. The Balaban J connectivity index is 1.59. The van der Waals surface area contributed by atoms with Gasteiger partial charge in [-0.1, -0.05) is 13.8 Å². The second-order valence-corrected chi connectivity index (χ2v) is 6.48. The Hall–Kier alpha value is -0.610. The van der Waals surface area contributed by atoms with Crippen LogP contribution in [-0.4, -0.2) is 49.6 Å². The molecule has 0 spiro atoms. The van der Waals surface area contributed by atoms with Gasteiger partial charge in [-0.15, -0.1) is 0 Å². The van der Waals surface area contributed by atoms with E-state index in [9.17, 15) is 4.79 Å². The molecule has 1 aliphatic carbocycles. The van der Waals surface area contributed by atoms with Crippen molar-refractivity contribution in [2.45, 2.75) is 52.0 Å². The van der Waals surface area contributed by atoms with Crippen molar-refractivity contribution >= 4 is 5.91 Å². The molecule has 1 atom stereocenters. The summed E-state index contributed by atoms with van der Waals surface area (Å²) in [4.78, 5) is 14.5. The largest absolute Gasteiger partial charge is 0.355 e. The van der Waals surface area contributed by atoms with Crippen molar-refractivity contribution in [2.24, 2.45) is 11.8 Å². The molecule has 1 amide bonds. The molecule has 2 aliphatic rings. The first-order valence-electron chi connectivity index (χ1n) is 8.42. The van der Waals surface area contributed by atoms with Crippen molar-refractivity contribution in [1.29, 1.82) is 0 Å². The van der Waals surface area contributed by atoms with Gasteiger partial charge in [-0.2, -0.15) is 0 Å². The smallest absolute Gasteiger partial charge is 0.220 e. The van der Waals surface area contributed by atoms with E-state index in [1.54, 1.807) is 0 Å². The molecule has 1 saturated carbocycles. The highest BCUT2D eigenvalue weighted by atomic mass is 16.1. The van der Waals surface area contributed by atoms with Crippen molar-refractivity contribution in [3.05, 3.63) is 0 Å². The molecule has 1 unspecified atom stereocenters. The molecule has 0 radical (unpaired) electrons. The van der Waals surface area contributed by atoms with Gasteiger partial charge in [0.05, 0.1) is 0 Å². The van der Waals surface area contributed by atoms with Crippen LogP contribution >= 0.6 is 0 Å². The summed E-state index contributed by atoms with van der Waals surface area (Å²) in [6.45, 7) is 9.59. The molecule has 1 saturated heterocycles. The number of amides is 1. The third kappa shape index (κ3) is 5.06. The zero-order chi connectivity index (χ0) is 14.4. The molecule has 2 N–H and O–H groups in total. The van der Waals surface area contributed by atoms with Crippen LogP contribution in [0.5, 0.6) is 0 Å². The Kier molecular flexibility index (Phi) is 6.30. The highest BCUT2D eigenvalue weighted by Crippen LogP contribution is 2.26. The molecule has 0 bridgehead atoms. The van der Waals surface area contributed by atoms with Gasteiger partial charge in [-0.3, -0.25) is 9.69 Å². The van der Waals surface area contributed by atoms with Crippen LogP contribution in [0, 0.1) is 11.8 Å². The maximum atomic E-state index is 12.0. The van der Waals surface area contributed by atoms with Gasteiger partial charge in [0.2, 0.25) is 5.91 Å². The topological polar surface area (TPSA) is 44.4 Å². The van der Waals surface area contributed by atoms with E-state index in [4.69, 9.17) is 0 Å². The van der Waals surface area contributed by atoms with Gasteiger partial charge in [0.25, 0.3) is 0 Å². The van der Waals surface area contributed by atoms with Crippen molar-refractivity contribution in [1.82, 2.24) is 15.5 Å². The predicted molar refractivity (Wildman–Crippen MR) is 82.7 cm³/mol. The van der Waals surface area contributed by atoms with Crippen LogP contribution < -0.4 is 10.6 Å². The maximum Gasteiger partial charge on any atom is 0.220 e. The number of piperidine rings is 1. The van der Waals surface area contributed by atoms with Gasteiger partial charge >= 0.3 is 0 Å². The average molecular weight is 281 g/mol. The summed E-state index contributed by atoms with van der Waals surface area (Å²) in [7, 11) is 0. The summed E-state index contributed by atoms with van der Waals surface area (Å²) < 4.78 is 0. The maximum absolute atomic E-state index is 12.0. The highest BCUT2D eigenvalue weighted by Gasteiger charge is 2.27. The van der Waals surface area contributed by atoms with Crippen LogP contribution in [0.15, 0.2) is 0 Å². The predicted octanol–water partition coefficient (Wildman–Crippen LogP) is 1.61. The first kappa shape index (κ1) is 15.8. The van der Waals surface area contributed by atoms with Crippen LogP contribution in [0.25, 0.3) is 0 Å².